The molecule has 1 fully saturated rings. The molecule has 1 heterocycles. The Morgan fingerprint density at radius 2 is 2.04 bits per heavy atom. The molecule has 0 aliphatic carbocycles. The summed E-state index contributed by atoms with van der Waals surface area (Å²) in [4.78, 5) is 14.6. The van der Waals surface area contributed by atoms with E-state index >= 15 is 0 Å². The Balaban J connectivity index is 2.08. The number of likely N-dealkylation sites (tertiary alicyclic amines) is 1. The molecule has 3 nitrogen and oxygen atoms in total. The van der Waals surface area contributed by atoms with Crippen LogP contribution in [0.15, 0.2) is 24.3 Å². The predicted molar refractivity (Wildman–Crippen MR) is 87.3 cm³/mol. The second kappa shape index (κ2) is 7.55. The van der Waals surface area contributed by atoms with Crippen molar-refractivity contribution in [1.29, 1.82) is 0 Å². The van der Waals surface area contributed by atoms with Crippen molar-refractivity contribution in [2.45, 2.75) is 57.8 Å². The van der Waals surface area contributed by atoms with Gasteiger partial charge < -0.3 is 10.6 Å². The van der Waals surface area contributed by atoms with Crippen LogP contribution in [0.3, 0.4) is 0 Å². The van der Waals surface area contributed by atoms with Gasteiger partial charge in [0.2, 0.25) is 5.91 Å². The fraction of sp³-hybridized carbons (Fsp3) is 0.611. The molecule has 134 valence electrons. The van der Waals surface area contributed by atoms with Gasteiger partial charge in [-0.25, -0.2) is 0 Å². The summed E-state index contributed by atoms with van der Waals surface area (Å²) in [6.45, 7) is 4.35. The zero-order valence-electron chi connectivity index (χ0n) is 14.1. The first-order chi connectivity index (χ1) is 11.2. The van der Waals surface area contributed by atoms with Gasteiger partial charge in [0.15, 0.2) is 0 Å². The molecule has 2 rings (SSSR count). The van der Waals surface area contributed by atoms with Gasteiger partial charge in [0, 0.05) is 24.5 Å². The maximum atomic E-state index is 12.8. The highest BCUT2D eigenvalue weighted by Crippen LogP contribution is 2.30. The highest BCUT2D eigenvalue weighted by molar-refractivity contribution is 5.79. The molecule has 24 heavy (non-hydrogen) atoms. The second-order valence-corrected chi connectivity index (χ2v) is 6.76. The van der Waals surface area contributed by atoms with E-state index in [1.807, 2.05) is 11.8 Å². The lowest BCUT2D eigenvalue weighted by atomic mass is 9.93. The van der Waals surface area contributed by atoms with Crippen LogP contribution >= 0.6 is 0 Å². The number of benzene rings is 1. The minimum absolute atomic E-state index is 0.0191. The molecule has 1 saturated heterocycles. The van der Waals surface area contributed by atoms with Crippen LogP contribution in [0.1, 0.15) is 44.2 Å². The molecular formula is C18H25F3N2O. The van der Waals surface area contributed by atoms with Crippen LogP contribution < -0.4 is 5.73 Å². The quantitative estimate of drug-likeness (QED) is 0.908. The van der Waals surface area contributed by atoms with Gasteiger partial charge in [0.1, 0.15) is 0 Å². The molecule has 6 heteroatoms. The van der Waals surface area contributed by atoms with Gasteiger partial charge in [0.05, 0.1) is 5.56 Å². The van der Waals surface area contributed by atoms with Gasteiger partial charge in [-0.1, -0.05) is 25.1 Å². The van der Waals surface area contributed by atoms with Gasteiger partial charge in [-0.05, 0) is 44.2 Å². The highest BCUT2D eigenvalue weighted by Gasteiger charge is 2.33. The third-order valence-corrected chi connectivity index (χ3v) is 4.66. The lowest BCUT2D eigenvalue weighted by Gasteiger charge is -2.39. The first-order valence-electron chi connectivity index (χ1n) is 8.42. The van der Waals surface area contributed by atoms with E-state index in [1.165, 1.54) is 6.07 Å². The normalized spacial score (nSPS) is 21.4. The van der Waals surface area contributed by atoms with Crippen molar-refractivity contribution < 1.29 is 18.0 Å². The molecule has 0 aromatic heterocycles. The molecule has 2 N–H and O–H groups in total. The molecule has 0 radical (unpaired) electrons. The van der Waals surface area contributed by atoms with E-state index in [0.717, 1.165) is 31.4 Å². The first-order valence-corrected chi connectivity index (χ1v) is 8.42. The number of hydrogen-bond donors (Lipinski definition) is 1. The summed E-state index contributed by atoms with van der Waals surface area (Å²) in [5.74, 6) is -0.387. The summed E-state index contributed by atoms with van der Waals surface area (Å²) in [6, 6.07) is 5.12. The maximum absolute atomic E-state index is 12.8. The van der Waals surface area contributed by atoms with Crippen LogP contribution in [-0.2, 0) is 17.4 Å². The number of carbonyl (C=O) groups is 1. The largest absolute Gasteiger partial charge is 0.416 e. The van der Waals surface area contributed by atoms with E-state index in [0.29, 0.717) is 18.5 Å². The molecule has 1 amide bonds. The Morgan fingerprint density at radius 3 is 2.67 bits per heavy atom. The zero-order valence-corrected chi connectivity index (χ0v) is 14.1. The highest BCUT2D eigenvalue weighted by atomic mass is 19.4. The van der Waals surface area contributed by atoms with Gasteiger partial charge in [-0.2, -0.15) is 13.2 Å². The van der Waals surface area contributed by atoms with Crippen molar-refractivity contribution in [3.63, 3.8) is 0 Å². The molecule has 1 aliphatic heterocycles. The summed E-state index contributed by atoms with van der Waals surface area (Å²) in [6.07, 6.45) is -1.18. The van der Waals surface area contributed by atoms with Gasteiger partial charge >= 0.3 is 6.18 Å². The van der Waals surface area contributed by atoms with Crippen LogP contribution in [-0.4, -0.2) is 29.4 Å². The number of halogens is 3. The van der Waals surface area contributed by atoms with E-state index < -0.39 is 11.7 Å². The molecule has 0 bridgehead atoms. The van der Waals surface area contributed by atoms with E-state index in [1.54, 1.807) is 13.0 Å². The minimum Gasteiger partial charge on any atom is -0.338 e. The Labute approximate surface area is 141 Å². The predicted octanol–water partition coefficient (Wildman–Crippen LogP) is 3.61. The number of carbonyl (C=O) groups excluding carboxylic acids is 1. The number of nitrogens with two attached hydrogens (primary N) is 1. The van der Waals surface area contributed by atoms with Crippen molar-refractivity contribution in [2.75, 3.05) is 6.54 Å². The molecule has 0 spiro atoms. The second-order valence-electron chi connectivity index (χ2n) is 6.76. The number of amides is 1. The van der Waals surface area contributed by atoms with Crippen LogP contribution in [0, 0.1) is 5.92 Å². The van der Waals surface area contributed by atoms with Crippen molar-refractivity contribution in [3.05, 3.63) is 35.4 Å². The fourth-order valence-electron chi connectivity index (χ4n) is 3.38. The SMILES string of the molecule is CC(Cc1cccc(C(F)(F)F)c1)C(=O)N1CCCCC1C(C)N. The molecule has 3 unspecified atom stereocenters. The molecule has 0 saturated carbocycles. The summed E-state index contributed by atoms with van der Waals surface area (Å²) in [5.41, 5.74) is 5.85. The lowest BCUT2D eigenvalue weighted by Crippen LogP contribution is -2.53. The van der Waals surface area contributed by atoms with E-state index in [-0.39, 0.29) is 23.9 Å². The average molecular weight is 342 g/mol. The summed E-state index contributed by atoms with van der Waals surface area (Å²) >= 11 is 0. The zero-order chi connectivity index (χ0) is 17.9. The molecular weight excluding hydrogens is 317 g/mol. The van der Waals surface area contributed by atoms with Crippen molar-refractivity contribution >= 4 is 5.91 Å². The Bertz CT molecular complexity index is 572. The van der Waals surface area contributed by atoms with E-state index in [4.69, 9.17) is 5.73 Å². The van der Waals surface area contributed by atoms with Crippen LogP contribution in [0.5, 0.6) is 0 Å². The van der Waals surface area contributed by atoms with Crippen LogP contribution in [0.25, 0.3) is 0 Å². The number of hydrogen-bond acceptors (Lipinski definition) is 2. The number of piperidine rings is 1. The molecule has 1 aliphatic rings. The van der Waals surface area contributed by atoms with Crippen LogP contribution in [0.4, 0.5) is 13.2 Å². The van der Waals surface area contributed by atoms with Crippen LogP contribution in [0.2, 0.25) is 0 Å². The molecule has 3 atom stereocenters. The minimum atomic E-state index is -4.36. The Morgan fingerprint density at radius 1 is 1.33 bits per heavy atom. The Hall–Kier alpha value is -1.56. The standard InChI is InChI=1S/C18H25F3N2O/c1-12(10-14-6-5-7-15(11-14)18(19,20)21)17(24)23-9-4-3-8-16(23)13(2)22/h5-7,11-13,16H,3-4,8-10,22H2,1-2H3. The van der Waals surface area contributed by atoms with Crippen molar-refractivity contribution in [3.8, 4) is 0 Å². The topological polar surface area (TPSA) is 46.3 Å². The average Bonchev–Trinajstić information content (AvgIpc) is 2.53. The van der Waals surface area contributed by atoms with E-state index in [9.17, 15) is 18.0 Å². The smallest absolute Gasteiger partial charge is 0.338 e. The van der Waals surface area contributed by atoms with Crippen molar-refractivity contribution in [2.24, 2.45) is 11.7 Å². The summed E-state index contributed by atoms with van der Waals surface area (Å²) in [7, 11) is 0. The third kappa shape index (κ3) is 4.50. The lowest BCUT2D eigenvalue weighted by molar-refractivity contribution is -0.139. The fourth-order valence-corrected chi connectivity index (χ4v) is 3.38. The van der Waals surface area contributed by atoms with Crippen molar-refractivity contribution in [1.82, 2.24) is 4.90 Å². The van der Waals surface area contributed by atoms with Gasteiger partial charge in [0.25, 0.3) is 0 Å². The molecule has 1 aromatic carbocycles. The molecule has 1 aromatic rings. The van der Waals surface area contributed by atoms with E-state index in [2.05, 4.69) is 0 Å². The third-order valence-electron chi connectivity index (χ3n) is 4.66. The number of alkyl halides is 3. The number of rotatable bonds is 4. The number of nitrogens with zero attached hydrogens (tertiary/aromatic N) is 1. The monoisotopic (exact) mass is 342 g/mol. The van der Waals surface area contributed by atoms with Gasteiger partial charge in [-0.3, -0.25) is 4.79 Å². The Kier molecular flexibility index (Phi) is 5.91. The summed E-state index contributed by atoms with van der Waals surface area (Å²) in [5, 5.41) is 0. The van der Waals surface area contributed by atoms with Gasteiger partial charge in [-0.15, -0.1) is 0 Å². The summed E-state index contributed by atoms with van der Waals surface area (Å²) < 4.78 is 38.4. The maximum Gasteiger partial charge on any atom is 0.416 e. The first kappa shape index (κ1) is 18.8.